The summed E-state index contributed by atoms with van der Waals surface area (Å²) < 4.78 is 0. The van der Waals surface area contributed by atoms with Crippen molar-refractivity contribution in [1.82, 2.24) is 9.80 Å². The summed E-state index contributed by atoms with van der Waals surface area (Å²) in [6, 6.07) is 1.17. The molecule has 21 heavy (non-hydrogen) atoms. The van der Waals surface area contributed by atoms with E-state index < -0.39 is 0 Å². The van der Waals surface area contributed by atoms with Gasteiger partial charge in [0.15, 0.2) is 0 Å². The molecule has 0 aromatic carbocycles. The fraction of sp³-hybridized carbons (Fsp3) is 1.00. The molecule has 0 radical (unpaired) electrons. The summed E-state index contributed by atoms with van der Waals surface area (Å²) in [6.07, 6.45) is 6.57. The molecule has 1 saturated carbocycles. The van der Waals surface area contributed by atoms with Crippen molar-refractivity contribution in [3.63, 3.8) is 0 Å². The molecule has 2 rings (SSSR count). The van der Waals surface area contributed by atoms with Gasteiger partial charge in [-0.05, 0) is 70.0 Å². The molecule has 0 spiro atoms. The Bertz CT molecular complexity index is 323. The summed E-state index contributed by atoms with van der Waals surface area (Å²) in [5.41, 5.74) is 6.86. The monoisotopic (exact) mass is 295 g/mol. The Morgan fingerprint density at radius 1 is 1.14 bits per heavy atom. The molecule has 1 heterocycles. The first-order valence-corrected chi connectivity index (χ1v) is 8.91. The van der Waals surface area contributed by atoms with Crippen LogP contribution in [0.15, 0.2) is 0 Å². The highest BCUT2D eigenvalue weighted by atomic mass is 15.2. The van der Waals surface area contributed by atoms with Crippen LogP contribution >= 0.6 is 0 Å². The van der Waals surface area contributed by atoms with Crippen molar-refractivity contribution in [2.45, 2.75) is 65.0 Å². The fourth-order valence-corrected chi connectivity index (χ4v) is 4.33. The van der Waals surface area contributed by atoms with Crippen LogP contribution in [0.3, 0.4) is 0 Å². The third-order valence-electron chi connectivity index (χ3n) is 6.01. The van der Waals surface area contributed by atoms with Gasteiger partial charge in [-0.1, -0.05) is 20.8 Å². The normalized spacial score (nSPS) is 35.6. The second kappa shape index (κ2) is 6.97. The van der Waals surface area contributed by atoms with E-state index in [0.717, 1.165) is 12.0 Å². The summed E-state index contributed by atoms with van der Waals surface area (Å²) in [5, 5.41) is 0. The SMILES string of the molecule is CN(CC1CC(C(C)(C)C)CCC1N)CC1CCCN1C. The maximum Gasteiger partial charge on any atom is 0.0220 e. The minimum absolute atomic E-state index is 0.410. The zero-order chi connectivity index (χ0) is 15.6. The molecule has 3 heteroatoms. The Hall–Kier alpha value is -0.120. The molecule has 2 N–H and O–H groups in total. The number of hydrogen-bond donors (Lipinski definition) is 1. The van der Waals surface area contributed by atoms with Crippen LogP contribution < -0.4 is 5.73 Å². The topological polar surface area (TPSA) is 32.5 Å². The van der Waals surface area contributed by atoms with E-state index >= 15 is 0 Å². The Balaban J connectivity index is 1.84. The van der Waals surface area contributed by atoms with Crippen LogP contribution in [0.1, 0.15) is 52.9 Å². The van der Waals surface area contributed by atoms with Gasteiger partial charge in [0.1, 0.15) is 0 Å². The van der Waals surface area contributed by atoms with Gasteiger partial charge in [-0.25, -0.2) is 0 Å². The second-order valence-electron chi connectivity index (χ2n) is 8.80. The largest absolute Gasteiger partial charge is 0.327 e. The molecule has 0 aromatic heterocycles. The number of likely N-dealkylation sites (tertiary alicyclic amines) is 1. The number of rotatable bonds is 4. The summed E-state index contributed by atoms with van der Waals surface area (Å²) in [5.74, 6) is 1.52. The first kappa shape index (κ1) is 17.2. The van der Waals surface area contributed by atoms with Gasteiger partial charge in [0.2, 0.25) is 0 Å². The Morgan fingerprint density at radius 2 is 1.86 bits per heavy atom. The van der Waals surface area contributed by atoms with Gasteiger partial charge >= 0.3 is 0 Å². The van der Waals surface area contributed by atoms with Gasteiger partial charge in [0, 0.05) is 25.2 Å². The van der Waals surface area contributed by atoms with E-state index in [1.807, 2.05) is 0 Å². The molecule has 1 aliphatic carbocycles. The van der Waals surface area contributed by atoms with Crippen LogP contribution in [0.5, 0.6) is 0 Å². The molecular weight excluding hydrogens is 258 g/mol. The minimum Gasteiger partial charge on any atom is -0.327 e. The van der Waals surface area contributed by atoms with E-state index in [0.29, 0.717) is 17.4 Å². The van der Waals surface area contributed by atoms with E-state index in [1.165, 1.54) is 51.7 Å². The molecule has 4 atom stereocenters. The second-order valence-corrected chi connectivity index (χ2v) is 8.80. The van der Waals surface area contributed by atoms with Crippen LogP contribution in [0, 0.1) is 17.3 Å². The lowest BCUT2D eigenvalue weighted by Gasteiger charge is -2.42. The lowest BCUT2D eigenvalue weighted by molar-refractivity contribution is 0.0992. The van der Waals surface area contributed by atoms with Crippen LogP contribution in [0.4, 0.5) is 0 Å². The quantitative estimate of drug-likeness (QED) is 0.865. The molecule has 0 bridgehead atoms. The van der Waals surface area contributed by atoms with Crippen molar-refractivity contribution < 1.29 is 0 Å². The Labute approximate surface area is 132 Å². The van der Waals surface area contributed by atoms with Crippen LogP contribution in [-0.2, 0) is 0 Å². The van der Waals surface area contributed by atoms with Gasteiger partial charge in [-0.15, -0.1) is 0 Å². The number of nitrogens with zero attached hydrogens (tertiary/aromatic N) is 2. The molecule has 3 nitrogen and oxygen atoms in total. The van der Waals surface area contributed by atoms with Crippen LogP contribution in [-0.4, -0.2) is 55.6 Å². The lowest BCUT2D eigenvalue weighted by Crippen LogP contribution is -2.46. The Kier molecular flexibility index (Phi) is 5.72. The fourth-order valence-electron chi connectivity index (χ4n) is 4.33. The minimum atomic E-state index is 0.410. The van der Waals surface area contributed by atoms with Crippen molar-refractivity contribution >= 4 is 0 Å². The van der Waals surface area contributed by atoms with E-state index in [9.17, 15) is 0 Å². The first-order valence-electron chi connectivity index (χ1n) is 8.91. The molecular formula is C18H37N3. The molecule has 1 aliphatic heterocycles. The molecule has 1 saturated heterocycles. The Morgan fingerprint density at radius 3 is 2.43 bits per heavy atom. The highest BCUT2D eigenvalue weighted by Gasteiger charge is 2.35. The summed E-state index contributed by atoms with van der Waals surface area (Å²) in [7, 11) is 4.56. The van der Waals surface area contributed by atoms with Gasteiger partial charge in [0.25, 0.3) is 0 Å². The molecule has 2 fully saturated rings. The molecule has 124 valence electrons. The van der Waals surface area contributed by atoms with E-state index in [1.54, 1.807) is 0 Å². The van der Waals surface area contributed by atoms with Gasteiger partial charge in [-0.3, -0.25) is 0 Å². The summed E-state index contributed by atoms with van der Waals surface area (Å²) >= 11 is 0. The molecule has 4 unspecified atom stereocenters. The highest BCUT2D eigenvalue weighted by Crippen LogP contribution is 2.40. The third kappa shape index (κ3) is 4.67. The van der Waals surface area contributed by atoms with E-state index in [4.69, 9.17) is 5.73 Å². The predicted octanol–water partition coefficient (Wildman–Crippen LogP) is 2.80. The van der Waals surface area contributed by atoms with Crippen LogP contribution in [0.25, 0.3) is 0 Å². The zero-order valence-corrected chi connectivity index (χ0v) is 14.9. The molecule has 2 aliphatic rings. The van der Waals surface area contributed by atoms with Gasteiger partial charge in [0.05, 0.1) is 0 Å². The average Bonchev–Trinajstić information content (AvgIpc) is 2.76. The van der Waals surface area contributed by atoms with Crippen molar-refractivity contribution in [2.75, 3.05) is 33.7 Å². The van der Waals surface area contributed by atoms with Crippen molar-refractivity contribution in [3.05, 3.63) is 0 Å². The third-order valence-corrected chi connectivity index (χ3v) is 6.01. The van der Waals surface area contributed by atoms with Crippen LogP contribution in [0.2, 0.25) is 0 Å². The average molecular weight is 296 g/mol. The molecule has 0 aromatic rings. The van der Waals surface area contributed by atoms with E-state index in [2.05, 4.69) is 44.7 Å². The lowest BCUT2D eigenvalue weighted by atomic mass is 9.67. The number of nitrogens with two attached hydrogens (primary N) is 1. The summed E-state index contributed by atoms with van der Waals surface area (Å²) in [4.78, 5) is 5.07. The summed E-state index contributed by atoms with van der Waals surface area (Å²) in [6.45, 7) is 10.8. The van der Waals surface area contributed by atoms with Gasteiger partial charge in [-0.2, -0.15) is 0 Å². The number of hydrogen-bond acceptors (Lipinski definition) is 3. The van der Waals surface area contributed by atoms with Crippen molar-refractivity contribution in [3.8, 4) is 0 Å². The predicted molar refractivity (Wildman–Crippen MR) is 91.4 cm³/mol. The standard InChI is InChI=1S/C18H37N3/c1-18(2,3)15-8-9-17(19)14(11-15)12-20(4)13-16-7-6-10-21(16)5/h14-17H,6-13,19H2,1-5H3. The van der Waals surface area contributed by atoms with Crippen molar-refractivity contribution in [1.29, 1.82) is 0 Å². The number of likely N-dealkylation sites (N-methyl/N-ethyl adjacent to an activating group) is 2. The van der Waals surface area contributed by atoms with Gasteiger partial charge < -0.3 is 15.5 Å². The maximum absolute atomic E-state index is 6.43. The maximum atomic E-state index is 6.43. The first-order chi connectivity index (χ1) is 9.77. The van der Waals surface area contributed by atoms with Crippen molar-refractivity contribution in [2.24, 2.45) is 23.0 Å². The highest BCUT2D eigenvalue weighted by molar-refractivity contribution is 4.89. The molecule has 0 amide bonds. The smallest absolute Gasteiger partial charge is 0.0220 e. The van der Waals surface area contributed by atoms with E-state index in [-0.39, 0.29) is 0 Å². The zero-order valence-electron chi connectivity index (χ0n) is 14.9.